The summed E-state index contributed by atoms with van der Waals surface area (Å²) in [5.74, 6) is 0.347. The summed E-state index contributed by atoms with van der Waals surface area (Å²) in [6.45, 7) is 2.93. The summed E-state index contributed by atoms with van der Waals surface area (Å²) >= 11 is 6.59. The maximum atomic E-state index is 12.9. The van der Waals surface area contributed by atoms with Crippen LogP contribution in [0, 0.1) is 5.92 Å². The van der Waals surface area contributed by atoms with Crippen LogP contribution in [0.4, 0.5) is 5.69 Å². The first kappa shape index (κ1) is 17.2. The molecule has 0 spiro atoms. The fourth-order valence-electron chi connectivity index (χ4n) is 2.49. The molecule has 1 heterocycles. The number of nitrogen functional groups attached to an aromatic ring is 1. The minimum Gasteiger partial charge on any atom is -0.399 e. The number of nitrogens with zero attached hydrogens (tertiary/aromatic N) is 1. The van der Waals surface area contributed by atoms with Gasteiger partial charge in [0.25, 0.3) is 0 Å². The average Bonchev–Trinajstić information content (AvgIpc) is 2.37. The Morgan fingerprint density at radius 2 is 1.90 bits per heavy atom. The molecule has 0 saturated carbocycles. The lowest BCUT2D eigenvalue weighted by molar-refractivity contribution is 0.0183. The van der Waals surface area contributed by atoms with E-state index >= 15 is 0 Å². The summed E-state index contributed by atoms with van der Waals surface area (Å²) in [5, 5.41) is 0. The van der Waals surface area contributed by atoms with Crippen LogP contribution in [-0.2, 0) is 14.8 Å². The number of piperidine rings is 1. The number of methoxy groups -OCH3 is 1. The molecule has 8 heteroatoms. The van der Waals surface area contributed by atoms with Crippen LogP contribution < -0.4 is 5.73 Å². The second-order valence-corrected chi connectivity index (χ2v) is 8.80. The number of halogens is 2. The molecule has 0 radical (unpaired) electrons. The number of anilines is 1. The average molecular weight is 442 g/mol. The van der Waals surface area contributed by atoms with Crippen molar-refractivity contribution in [3.05, 3.63) is 21.1 Å². The van der Waals surface area contributed by atoms with Gasteiger partial charge in [0.2, 0.25) is 10.0 Å². The number of hydrogen-bond donors (Lipinski definition) is 1. The fourth-order valence-corrected chi connectivity index (χ4v) is 6.49. The Balaban J connectivity index is 2.39. The van der Waals surface area contributed by atoms with E-state index in [-0.39, 0.29) is 11.0 Å². The van der Waals surface area contributed by atoms with Gasteiger partial charge in [0.1, 0.15) is 4.90 Å². The normalized spacial score (nSPS) is 24.2. The SMILES string of the molecule is COC1CN(S(=O)(=O)c2c(Br)cc(N)cc2Br)CCC1C. The van der Waals surface area contributed by atoms with Crippen LogP contribution in [0.25, 0.3) is 0 Å². The van der Waals surface area contributed by atoms with E-state index in [1.807, 2.05) is 0 Å². The number of rotatable bonds is 3. The molecule has 2 unspecified atom stereocenters. The van der Waals surface area contributed by atoms with E-state index in [2.05, 4.69) is 38.8 Å². The van der Waals surface area contributed by atoms with E-state index in [0.717, 1.165) is 6.42 Å². The number of hydrogen-bond acceptors (Lipinski definition) is 4. The minimum atomic E-state index is -3.60. The monoisotopic (exact) mass is 440 g/mol. The second kappa shape index (κ2) is 6.54. The Bertz CT molecular complexity index is 613. The third kappa shape index (κ3) is 3.44. The van der Waals surface area contributed by atoms with Crippen molar-refractivity contribution in [1.82, 2.24) is 4.31 Å². The lowest BCUT2D eigenvalue weighted by Gasteiger charge is -2.35. The molecule has 1 saturated heterocycles. The summed E-state index contributed by atoms with van der Waals surface area (Å²) < 4.78 is 33.5. The van der Waals surface area contributed by atoms with Gasteiger partial charge in [-0.15, -0.1) is 0 Å². The van der Waals surface area contributed by atoms with Gasteiger partial charge in [-0.3, -0.25) is 0 Å². The van der Waals surface area contributed by atoms with Gasteiger partial charge in [-0.25, -0.2) is 8.42 Å². The van der Waals surface area contributed by atoms with Crippen LogP contribution in [0.1, 0.15) is 13.3 Å². The summed E-state index contributed by atoms with van der Waals surface area (Å²) in [7, 11) is -1.99. The van der Waals surface area contributed by atoms with Crippen LogP contribution in [0.15, 0.2) is 26.0 Å². The van der Waals surface area contributed by atoms with Gasteiger partial charge >= 0.3 is 0 Å². The van der Waals surface area contributed by atoms with Gasteiger partial charge in [0.05, 0.1) is 6.10 Å². The third-order valence-electron chi connectivity index (χ3n) is 3.77. The molecule has 1 fully saturated rings. The van der Waals surface area contributed by atoms with Gasteiger partial charge in [-0.05, 0) is 56.3 Å². The third-order valence-corrected chi connectivity index (χ3v) is 7.52. The maximum Gasteiger partial charge on any atom is 0.245 e. The Hall–Kier alpha value is -0.150. The fraction of sp³-hybridized carbons (Fsp3) is 0.538. The summed E-state index contributed by atoms with van der Waals surface area (Å²) in [5.41, 5.74) is 6.22. The molecule has 21 heavy (non-hydrogen) atoms. The highest BCUT2D eigenvalue weighted by Crippen LogP contribution is 2.35. The van der Waals surface area contributed by atoms with Crippen LogP contribution in [0.5, 0.6) is 0 Å². The zero-order chi connectivity index (χ0) is 15.8. The first-order valence-corrected chi connectivity index (χ1v) is 9.57. The molecule has 1 aliphatic rings. The first-order valence-electron chi connectivity index (χ1n) is 6.54. The highest BCUT2D eigenvalue weighted by atomic mass is 79.9. The molecule has 2 rings (SSSR count). The van der Waals surface area contributed by atoms with Crippen molar-refractivity contribution >= 4 is 47.6 Å². The molecule has 2 atom stereocenters. The van der Waals surface area contributed by atoms with Gasteiger partial charge in [-0.1, -0.05) is 6.92 Å². The topological polar surface area (TPSA) is 72.6 Å². The Morgan fingerprint density at radius 1 is 1.33 bits per heavy atom. The minimum absolute atomic E-state index is 0.0835. The second-order valence-electron chi connectivity index (χ2n) is 5.22. The molecule has 0 aromatic heterocycles. The number of ether oxygens (including phenoxy) is 1. The molecule has 1 aromatic rings. The van der Waals surface area contributed by atoms with E-state index < -0.39 is 10.0 Å². The molecular formula is C13H18Br2N2O3S. The zero-order valence-corrected chi connectivity index (χ0v) is 15.8. The smallest absolute Gasteiger partial charge is 0.245 e. The van der Waals surface area contributed by atoms with Crippen molar-refractivity contribution in [2.24, 2.45) is 5.92 Å². The lowest BCUT2D eigenvalue weighted by Crippen LogP contribution is -2.46. The Kier molecular flexibility index (Phi) is 5.36. The standard InChI is InChI=1S/C13H18Br2N2O3S/c1-8-3-4-17(7-12(8)20-2)21(18,19)13-10(14)5-9(16)6-11(13)15/h5-6,8,12H,3-4,7,16H2,1-2H3. The van der Waals surface area contributed by atoms with Crippen molar-refractivity contribution in [3.8, 4) is 0 Å². The zero-order valence-electron chi connectivity index (χ0n) is 11.8. The van der Waals surface area contributed by atoms with E-state index in [0.29, 0.717) is 33.6 Å². The van der Waals surface area contributed by atoms with Crippen molar-refractivity contribution in [2.45, 2.75) is 24.3 Å². The Labute approximate surface area is 142 Å². The molecule has 2 N–H and O–H groups in total. The van der Waals surface area contributed by atoms with Crippen LogP contribution in [0.2, 0.25) is 0 Å². The van der Waals surface area contributed by atoms with Gasteiger partial charge in [0, 0.05) is 34.8 Å². The van der Waals surface area contributed by atoms with E-state index in [9.17, 15) is 8.42 Å². The predicted octanol–water partition coefficient (Wildman–Crippen LogP) is 2.84. The number of sulfonamides is 1. The quantitative estimate of drug-likeness (QED) is 0.732. The summed E-state index contributed by atoms with van der Waals surface area (Å²) in [6, 6.07) is 3.19. The number of benzene rings is 1. The highest BCUT2D eigenvalue weighted by Gasteiger charge is 2.35. The molecular weight excluding hydrogens is 424 g/mol. The van der Waals surface area contributed by atoms with E-state index in [1.165, 1.54) is 4.31 Å². The molecule has 0 bridgehead atoms. The maximum absolute atomic E-state index is 12.9. The summed E-state index contributed by atoms with van der Waals surface area (Å²) in [6.07, 6.45) is 0.696. The van der Waals surface area contributed by atoms with Crippen molar-refractivity contribution in [1.29, 1.82) is 0 Å². The molecule has 1 aromatic carbocycles. The molecule has 0 aliphatic carbocycles. The molecule has 5 nitrogen and oxygen atoms in total. The van der Waals surface area contributed by atoms with Gasteiger partial charge in [-0.2, -0.15) is 4.31 Å². The Morgan fingerprint density at radius 3 is 2.43 bits per heavy atom. The largest absolute Gasteiger partial charge is 0.399 e. The molecule has 118 valence electrons. The van der Waals surface area contributed by atoms with Crippen LogP contribution in [-0.4, -0.2) is 39.0 Å². The van der Waals surface area contributed by atoms with Gasteiger partial charge in [0.15, 0.2) is 0 Å². The van der Waals surface area contributed by atoms with Gasteiger partial charge < -0.3 is 10.5 Å². The van der Waals surface area contributed by atoms with Crippen LogP contribution >= 0.6 is 31.9 Å². The van der Waals surface area contributed by atoms with Crippen LogP contribution in [0.3, 0.4) is 0 Å². The lowest BCUT2D eigenvalue weighted by atomic mass is 9.97. The van der Waals surface area contributed by atoms with Crippen molar-refractivity contribution in [3.63, 3.8) is 0 Å². The molecule has 0 amide bonds. The predicted molar refractivity (Wildman–Crippen MR) is 89.6 cm³/mol. The van der Waals surface area contributed by atoms with E-state index in [4.69, 9.17) is 10.5 Å². The highest BCUT2D eigenvalue weighted by molar-refractivity contribution is 9.11. The first-order chi connectivity index (χ1) is 9.77. The van der Waals surface area contributed by atoms with Crippen molar-refractivity contribution < 1.29 is 13.2 Å². The van der Waals surface area contributed by atoms with E-state index in [1.54, 1.807) is 19.2 Å². The summed E-state index contributed by atoms with van der Waals surface area (Å²) in [4.78, 5) is 0.209. The molecule has 1 aliphatic heterocycles. The van der Waals surface area contributed by atoms with Crippen molar-refractivity contribution in [2.75, 3.05) is 25.9 Å². The number of nitrogens with two attached hydrogens (primary N) is 1.